The molecule has 7 heteroatoms. The lowest BCUT2D eigenvalue weighted by molar-refractivity contribution is -0.142. The van der Waals surface area contributed by atoms with Crippen LogP contribution in [0.5, 0.6) is 0 Å². The number of carbonyl (C=O) groups excluding carboxylic acids is 2. The molecular formula is C27H32N2O5. The van der Waals surface area contributed by atoms with Crippen LogP contribution in [0.3, 0.4) is 0 Å². The molecule has 180 valence electrons. The van der Waals surface area contributed by atoms with Crippen molar-refractivity contribution in [1.29, 1.82) is 0 Å². The van der Waals surface area contributed by atoms with Gasteiger partial charge in [0.2, 0.25) is 5.91 Å². The molecule has 0 spiro atoms. The molecule has 0 saturated heterocycles. The van der Waals surface area contributed by atoms with Crippen LogP contribution in [-0.2, 0) is 14.3 Å². The van der Waals surface area contributed by atoms with E-state index in [1.807, 2.05) is 24.3 Å². The molecule has 3 N–H and O–H groups in total. The van der Waals surface area contributed by atoms with Crippen LogP contribution in [0, 0.1) is 11.8 Å². The zero-order valence-electron chi connectivity index (χ0n) is 19.6. The highest BCUT2D eigenvalue weighted by atomic mass is 16.5. The molecule has 0 radical (unpaired) electrons. The van der Waals surface area contributed by atoms with E-state index in [1.54, 1.807) is 13.8 Å². The van der Waals surface area contributed by atoms with Gasteiger partial charge in [0.1, 0.15) is 6.61 Å². The molecule has 0 bridgehead atoms. The number of hydrogen-bond donors (Lipinski definition) is 3. The monoisotopic (exact) mass is 464 g/mol. The van der Waals surface area contributed by atoms with Gasteiger partial charge in [0.05, 0.1) is 5.92 Å². The number of ether oxygens (including phenoxy) is 1. The van der Waals surface area contributed by atoms with Crippen LogP contribution < -0.4 is 10.6 Å². The molecule has 4 rings (SSSR count). The fourth-order valence-corrected chi connectivity index (χ4v) is 5.05. The predicted molar refractivity (Wildman–Crippen MR) is 128 cm³/mol. The van der Waals surface area contributed by atoms with Gasteiger partial charge in [0, 0.05) is 23.9 Å². The van der Waals surface area contributed by atoms with Gasteiger partial charge in [0.25, 0.3) is 0 Å². The highest BCUT2D eigenvalue weighted by Crippen LogP contribution is 2.44. The van der Waals surface area contributed by atoms with E-state index >= 15 is 0 Å². The summed E-state index contributed by atoms with van der Waals surface area (Å²) >= 11 is 0. The summed E-state index contributed by atoms with van der Waals surface area (Å²) in [7, 11) is 0. The molecule has 1 fully saturated rings. The van der Waals surface area contributed by atoms with Crippen LogP contribution in [-0.4, -0.2) is 41.8 Å². The maximum absolute atomic E-state index is 12.7. The summed E-state index contributed by atoms with van der Waals surface area (Å²) in [6.45, 7) is 3.53. The maximum Gasteiger partial charge on any atom is 0.407 e. The summed E-state index contributed by atoms with van der Waals surface area (Å²) < 4.78 is 5.64. The number of benzene rings is 2. The zero-order valence-corrected chi connectivity index (χ0v) is 19.6. The first kappa shape index (κ1) is 23.8. The van der Waals surface area contributed by atoms with Crippen LogP contribution in [0.15, 0.2) is 48.5 Å². The van der Waals surface area contributed by atoms with E-state index in [-0.39, 0.29) is 30.4 Å². The SMILES string of the molecule is CC(NC(=O)[C@@H]1CCC[C@H](NC(=O)OCC2c3ccccc3-c3ccccc32)C1)C(C)C(=O)O. The zero-order chi connectivity index (χ0) is 24.2. The fourth-order valence-electron chi connectivity index (χ4n) is 5.05. The van der Waals surface area contributed by atoms with Crippen molar-refractivity contribution >= 4 is 18.0 Å². The number of carboxylic acid groups (broad SMARTS) is 1. The Labute approximate surface area is 199 Å². The average Bonchev–Trinajstić information content (AvgIpc) is 3.16. The largest absolute Gasteiger partial charge is 0.481 e. The number of carboxylic acids is 1. The van der Waals surface area contributed by atoms with E-state index in [9.17, 15) is 14.4 Å². The van der Waals surface area contributed by atoms with Crippen molar-refractivity contribution in [3.05, 3.63) is 59.7 Å². The Balaban J connectivity index is 1.31. The summed E-state index contributed by atoms with van der Waals surface area (Å²) in [6.07, 6.45) is 2.37. The highest BCUT2D eigenvalue weighted by molar-refractivity contribution is 5.81. The molecular weight excluding hydrogens is 432 g/mol. The van der Waals surface area contributed by atoms with E-state index < -0.39 is 24.0 Å². The van der Waals surface area contributed by atoms with Crippen LogP contribution >= 0.6 is 0 Å². The molecule has 0 heterocycles. The van der Waals surface area contributed by atoms with E-state index in [2.05, 4.69) is 34.9 Å². The standard InChI is InChI=1S/C27H32N2O5/c1-16(26(31)32)17(2)28-25(30)18-8-7-9-19(14-18)29-27(33)34-15-24-22-12-5-3-10-20(22)21-11-4-6-13-23(21)24/h3-6,10-13,16-19,24H,7-9,14-15H2,1-2H3,(H,28,30)(H,29,33)(H,31,32)/t16?,17?,18-,19+/m1/s1. The number of alkyl carbamates (subject to hydrolysis) is 1. The van der Waals surface area contributed by atoms with Gasteiger partial charge < -0.3 is 20.5 Å². The van der Waals surface area contributed by atoms with Crippen molar-refractivity contribution in [2.45, 2.75) is 57.5 Å². The third-order valence-corrected chi connectivity index (χ3v) is 7.22. The number of nitrogens with one attached hydrogen (secondary N) is 2. The number of aliphatic carboxylic acids is 1. The molecule has 4 atom stereocenters. The quantitative estimate of drug-likeness (QED) is 0.566. The van der Waals surface area contributed by atoms with E-state index in [1.165, 1.54) is 11.1 Å². The summed E-state index contributed by atoms with van der Waals surface area (Å²) in [5.41, 5.74) is 4.69. The second kappa shape index (κ2) is 10.3. The van der Waals surface area contributed by atoms with Gasteiger partial charge in [-0.3, -0.25) is 9.59 Å². The Bertz CT molecular complexity index is 1020. The average molecular weight is 465 g/mol. The Morgan fingerprint density at radius 3 is 2.24 bits per heavy atom. The summed E-state index contributed by atoms with van der Waals surface area (Å²) in [4.78, 5) is 36.4. The Kier molecular flexibility index (Phi) is 7.20. The lowest BCUT2D eigenvalue weighted by Gasteiger charge is -2.30. The summed E-state index contributed by atoms with van der Waals surface area (Å²) in [5, 5.41) is 14.9. The number of hydrogen-bond acceptors (Lipinski definition) is 4. The third kappa shape index (κ3) is 5.08. The van der Waals surface area contributed by atoms with Gasteiger partial charge >= 0.3 is 12.1 Å². The molecule has 7 nitrogen and oxygen atoms in total. The third-order valence-electron chi connectivity index (χ3n) is 7.22. The van der Waals surface area contributed by atoms with Gasteiger partial charge in [0.15, 0.2) is 0 Å². The minimum absolute atomic E-state index is 0.000689. The molecule has 2 aliphatic carbocycles. The van der Waals surface area contributed by atoms with Crippen molar-refractivity contribution in [2.24, 2.45) is 11.8 Å². The normalized spacial score (nSPS) is 21.0. The molecule has 0 aromatic heterocycles. The van der Waals surface area contributed by atoms with Crippen molar-refractivity contribution in [3.8, 4) is 11.1 Å². The van der Waals surface area contributed by atoms with Crippen LogP contribution in [0.2, 0.25) is 0 Å². The van der Waals surface area contributed by atoms with Gasteiger partial charge in [-0.25, -0.2) is 4.79 Å². The lowest BCUT2D eigenvalue weighted by Crippen LogP contribution is -2.46. The highest BCUT2D eigenvalue weighted by Gasteiger charge is 2.32. The number of fused-ring (bicyclic) bond motifs is 3. The lowest BCUT2D eigenvalue weighted by atomic mass is 9.85. The van der Waals surface area contributed by atoms with Gasteiger partial charge in [-0.2, -0.15) is 0 Å². The number of amides is 2. The van der Waals surface area contributed by atoms with E-state index in [4.69, 9.17) is 9.84 Å². The molecule has 2 unspecified atom stereocenters. The first-order valence-electron chi connectivity index (χ1n) is 12.0. The van der Waals surface area contributed by atoms with Gasteiger partial charge in [-0.05, 0) is 55.4 Å². The van der Waals surface area contributed by atoms with Gasteiger partial charge in [-0.1, -0.05) is 55.0 Å². The van der Waals surface area contributed by atoms with E-state index in [0.29, 0.717) is 6.42 Å². The molecule has 2 aromatic carbocycles. The second-order valence-corrected chi connectivity index (χ2v) is 9.45. The van der Waals surface area contributed by atoms with Crippen molar-refractivity contribution < 1.29 is 24.2 Å². The Hall–Kier alpha value is -3.35. The maximum atomic E-state index is 12.7. The molecule has 1 saturated carbocycles. The smallest absolute Gasteiger partial charge is 0.407 e. The van der Waals surface area contributed by atoms with Crippen LogP contribution in [0.1, 0.15) is 56.6 Å². The predicted octanol–water partition coefficient (Wildman–Crippen LogP) is 4.31. The molecule has 2 aliphatic rings. The van der Waals surface area contributed by atoms with E-state index in [0.717, 1.165) is 30.4 Å². The second-order valence-electron chi connectivity index (χ2n) is 9.45. The van der Waals surface area contributed by atoms with Crippen LogP contribution in [0.25, 0.3) is 11.1 Å². The minimum Gasteiger partial charge on any atom is -0.481 e. The molecule has 0 aliphatic heterocycles. The summed E-state index contributed by atoms with van der Waals surface area (Å²) in [5.74, 6) is -2.01. The summed E-state index contributed by atoms with van der Waals surface area (Å²) in [6, 6.07) is 15.8. The molecule has 2 aromatic rings. The fraction of sp³-hybridized carbons (Fsp3) is 0.444. The minimum atomic E-state index is -0.939. The number of rotatable bonds is 7. The molecule has 34 heavy (non-hydrogen) atoms. The Morgan fingerprint density at radius 2 is 1.62 bits per heavy atom. The van der Waals surface area contributed by atoms with Crippen molar-refractivity contribution in [3.63, 3.8) is 0 Å². The first-order chi connectivity index (χ1) is 16.3. The van der Waals surface area contributed by atoms with Crippen molar-refractivity contribution in [1.82, 2.24) is 10.6 Å². The first-order valence-corrected chi connectivity index (χ1v) is 12.0. The van der Waals surface area contributed by atoms with Crippen molar-refractivity contribution in [2.75, 3.05) is 6.61 Å². The topological polar surface area (TPSA) is 105 Å². The Morgan fingerprint density at radius 1 is 1.00 bits per heavy atom. The number of carbonyl (C=O) groups is 3. The van der Waals surface area contributed by atoms with Crippen LogP contribution in [0.4, 0.5) is 4.79 Å². The van der Waals surface area contributed by atoms with Gasteiger partial charge in [-0.15, -0.1) is 0 Å². The molecule has 2 amide bonds.